The van der Waals surface area contributed by atoms with Gasteiger partial charge in [-0.3, -0.25) is 4.98 Å². The van der Waals surface area contributed by atoms with Crippen molar-refractivity contribution in [1.82, 2.24) is 15.2 Å². The molecule has 0 bridgehead atoms. The molecule has 1 aliphatic carbocycles. The summed E-state index contributed by atoms with van der Waals surface area (Å²) >= 11 is 0. The first kappa shape index (κ1) is 16.4. The molecule has 1 heterocycles. The lowest BCUT2D eigenvalue weighted by Gasteiger charge is -2.46. The molecule has 1 fully saturated rings. The Morgan fingerprint density at radius 1 is 1.24 bits per heavy atom. The van der Waals surface area contributed by atoms with Crippen LogP contribution < -0.4 is 5.32 Å². The summed E-state index contributed by atoms with van der Waals surface area (Å²) in [5, 5.41) is 3.82. The second-order valence-electron chi connectivity index (χ2n) is 6.59. The van der Waals surface area contributed by atoms with Crippen molar-refractivity contribution in [2.75, 3.05) is 20.6 Å². The third-order valence-electron chi connectivity index (χ3n) is 5.01. The Kier molecular flexibility index (Phi) is 6.19. The average molecular weight is 289 g/mol. The van der Waals surface area contributed by atoms with E-state index in [2.05, 4.69) is 48.4 Å². The van der Waals surface area contributed by atoms with Crippen molar-refractivity contribution in [2.24, 2.45) is 0 Å². The van der Waals surface area contributed by atoms with Gasteiger partial charge in [0.25, 0.3) is 0 Å². The molecule has 0 amide bonds. The third-order valence-corrected chi connectivity index (χ3v) is 5.01. The fraction of sp³-hybridized carbons (Fsp3) is 0.722. The largest absolute Gasteiger partial charge is 0.308 e. The molecule has 1 aromatic rings. The smallest absolute Gasteiger partial charge is 0.0522 e. The van der Waals surface area contributed by atoms with Gasteiger partial charge >= 0.3 is 0 Å². The first-order valence-corrected chi connectivity index (χ1v) is 8.51. The Bertz CT molecular complexity index is 394. The van der Waals surface area contributed by atoms with E-state index in [1.807, 2.05) is 12.4 Å². The number of hydrogen-bond acceptors (Lipinski definition) is 3. The van der Waals surface area contributed by atoms with Crippen LogP contribution >= 0.6 is 0 Å². The number of pyridine rings is 1. The van der Waals surface area contributed by atoms with Crippen molar-refractivity contribution in [3.63, 3.8) is 0 Å². The van der Waals surface area contributed by atoms with E-state index in [0.29, 0.717) is 6.04 Å². The van der Waals surface area contributed by atoms with Crippen LogP contribution in [0.4, 0.5) is 0 Å². The second-order valence-corrected chi connectivity index (χ2v) is 6.59. The molecule has 0 radical (unpaired) electrons. The highest BCUT2D eigenvalue weighted by Gasteiger charge is 2.41. The highest BCUT2D eigenvalue weighted by atomic mass is 15.2. The van der Waals surface area contributed by atoms with Crippen molar-refractivity contribution in [3.05, 3.63) is 30.1 Å². The van der Waals surface area contributed by atoms with E-state index < -0.39 is 0 Å². The van der Waals surface area contributed by atoms with E-state index in [1.54, 1.807) is 0 Å². The molecule has 1 unspecified atom stereocenters. The summed E-state index contributed by atoms with van der Waals surface area (Å²) < 4.78 is 0. The summed E-state index contributed by atoms with van der Waals surface area (Å²) in [5.74, 6) is 0. The van der Waals surface area contributed by atoms with E-state index in [4.69, 9.17) is 0 Å². The maximum absolute atomic E-state index is 4.36. The number of likely N-dealkylation sites (N-methyl/N-ethyl adjacent to an activating group) is 1. The minimum absolute atomic E-state index is 0.217. The molecule has 2 rings (SSSR count). The SMILES string of the molecule is CCCNC(c1cccnc1)C1(N(C)C)CCCCCC1. The lowest BCUT2D eigenvalue weighted by atomic mass is 9.78. The Hall–Kier alpha value is -0.930. The van der Waals surface area contributed by atoms with Gasteiger partial charge < -0.3 is 10.2 Å². The molecule has 21 heavy (non-hydrogen) atoms. The van der Waals surface area contributed by atoms with Crippen LogP contribution in [0.25, 0.3) is 0 Å². The molecule has 3 heteroatoms. The molecule has 118 valence electrons. The van der Waals surface area contributed by atoms with E-state index in [0.717, 1.165) is 6.54 Å². The molecular weight excluding hydrogens is 258 g/mol. The second kappa shape index (κ2) is 7.90. The minimum Gasteiger partial charge on any atom is -0.308 e. The average Bonchev–Trinajstić information content (AvgIpc) is 2.76. The van der Waals surface area contributed by atoms with Crippen molar-refractivity contribution < 1.29 is 0 Å². The maximum atomic E-state index is 4.36. The van der Waals surface area contributed by atoms with E-state index in [1.165, 1.54) is 50.5 Å². The zero-order valence-electron chi connectivity index (χ0n) is 13.9. The zero-order valence-corrected chi connectivity index (χ0v) is 13.9. The highest BCUT2D eigenvalue weighted by Crippen LogP contribution is 2.40. The van der Waals surface area contributed by atoms with Gasteiger partial charge in [0.15, 0.2) is 0 Å². The van der Waals surface area contributed by atoms with E-state index in [-0.39, 0.29) is 5.54 Å². The van der Waals surface area contributed by atoms with Crippen LogP contribution in [-0.2, 0) is 0 Å². The molecular formula is C18H31N3. The summed E-state index contributed by atoms with van der Waals surface area (Å²) in [6.07, 6.45) is 13.1. The normalized spacial score (nSPS) is 20.2. The molecule has 1 saturated carbocycles. The number of aromatic nitrogens is 1. The van der Waals surface area contributed by atoms with Gasteiger partial charge in [-0.1, -0.05) is 38.7 Å². The maximum Gasteiger partial charge on any atom is 0.0522 e. The molecule has 0 aromatic carbocycles. The van der Waals surface area contributed by atoms with Crippen LogP contribution in [0.3, 0.4) is 0 Å². The summed E-state index contributed by atoms with van der Waals surface area (Å²) in [6.45, 7) is 3.30. The van der Waals surface area contributed by atoms with Gasteiger partial charge in [0.2, 0.25) is 0 Å². The molecule has 0 saturated heterocycles. The summed E-state index contributed by atoms with van der Waals surface area (Å²) in [4.78, 5) is 6.83. The van der Waals surface area contributed by atoms with Gasteiger partial charge in [-0.25, -0.2) is 0 Å². The fourth-order valence-corrected chi connectivity index (χ4v) is 3.79. The molecule has 1 atom stereocenters. The predicted octanol–water partition coefficient (Wildman–Crippen LogP) is 3.78. The summed E-state index contributed by atoms with van der Waals surface area (Å²) in [5.41, 5.74) is 1.55. The predicted molar refractivity (Wildman–Crippen MR) is 89.4 cm³/mol. The van der Waals surface area contributed by atoms with E-state index >= 15 is 0 Å². The Balaban J connectivity index is 2.34. The molecule has 3 nitrogen and oxygen atoms in total. The minimum atomic E-state index is 0.217. The topological polar surface area (TPSA) is 28.2 Å². The number of rotatable bonds is 6. The number of hydrogen-bond donors (Lipinski definition) is 1. The Morgan fingerprint density at radius 3 is 2.48 bits per heavy atom. The lowest BCUT2D eigenvalue weighted by Crippen LogP contribution is -2.53. The standard InChI is InChI=1S/C18H31N3/c1-4-13-20-17(16-10-9-14-19-15-16)18(21(2)3)11-7-5-6-8-12-18/h9-10,14-15,17,20H,4-8,11-13H2,1-3H3. The Morgan fingerprint density at radius 2 is 1.95 bits per heavy atom. The van der Waals surface area contributed by atoms with Crippen LogP contribution in [0.15, 0.2) is 24.5 Å². The van der Waals surface area contributed by atoms with Gasteiger partial charge in [-0.05, 0) is 51.5 Å². The van der Waals surface area contributed by atoms with Crippen molar-refractivity contribution >= 4 is 0 Å². The third kappa shape index (κ3) is 3.83. The first-order chi connectivity index (χ1) is 10.2. The summed E-state index contributed by atoms with van der Waals surface area (Å²) in [7, 11) is 4.50. The summed E-state index contributed by atoms with van der Waals surface area (Å²) in [6, 6.07) is 4.67. The van der Waals surface area contributed by atoms with Crippen molar-refractivity contribution in [2.45, 2.75) is 63.5 Å². The first-order valence-electron chi connectivity index (χ1n) is 8.51. The molecule has 0 aliphatic heterocycles. The van der Waals surface area contributed by atoms with Gasteiger partial charge in [-0.15, -0.1) is 0 Å². The molecule has 1 aliphatic rings. The van der Waals surface area contributed by atoms with Gasteiger partial charge in [0.1, 0.15) is 0 Å². The quantitative estimate of drug-likeness (QED) is 0.808. The van der Waals surface area contributed by atoms with Gasteiger partial charge in [0.05, 0.1) is 6.04 Å². The van der Waals surface area contributed by atoms with Crippen LogP contribution in [0.1, 0.15) is 63.5 Å². The lowest BCUT2D eigenvalue weighted by molar-refractivity contribution is 0.0798. The number of nitrogens with zero attached hydrogens (tertiary/aromatic N) is 2. The van der Waals surface area contributed by atoms with Gasteiger partial charge in [0, 0.05) is 17.9 Å². The highest BCUT2D eigenvalue weighted by molar-refractivity contribution is 5.20. The van der Waals surface area contributed by atoms with Crippen LogP contribution in [-0.4, -0.2) is 36.1 Å². The molecule has 1 aromatic heterocycles. The Labute approximate surface area is 130 Å². The van der Waals surface area contributed by atoms with Crippen LogP contribution in [0.2, 0.25) is 0 Å². The molecule has 0 spiro atoms. The van der Waals surface area contributed by atoms with Crippen LogP contribution in [0, 0.1) is 0 Å². The fourth-order valence-electron chi connectivity index (χ4n) is 3.79. The number of nitrogens with one attached hydrogen (secondary N) is 1. The van der Waals surface area contributed by atoms with Gasteiger partial charge in [-0.2, -0.15) is 0 Å². The van der Waals surface area contributed by atoms with Crippen molar-refractivity contribution in [3.8, 4) is 0 Å². The van der Waals surface area contributed by atoms with E-state index in [9.17, 15) is 0 Å². The monoisotopic (exact) mass is 289 g/mol. The van der Waals surface area contributed by atoms with Crippen molar-refractivity contribution in [1.29, 1.82) is 0 Å². The van der Waals surface area contributed by atoms with Crippen LogP contribution in [0.5, 0.6) is 0 Å². The molecule has 1 N–H and O–H groups in total. The zero-order chi connectivity index (χ0) is 15.1.